The van der Waals surface area contributed by atoms with Gasteiger partial charge in [0, 0.05) is 38.2 Å². The average molecular weight is 733 g/mol. The van der Waals surface area contributed by atoms with Crippen molar-refractivity contribution in [3.05, 3.63) is 175 Å². The van der Waals surface area contributed by atoms with Crippen LogP contribution in [0.25, 0.3) is 89.2 Å². The number of aromatic nitrogens is 5. The molecule has 0 radical (unpaired) electrons. The van der Waals surface area contributed by atoms with E-state index < -0.39 is 11.7 Å². The molecule has 7 aromatic carbocycles. The molecule has 10 aromatic rings. The number of halogens is 3. The first-order chi connectivity index (χ1) is 27.4. The van der Waals surface area contributed by atoms with Gasteiger partial charge in [-0.25, -0.2) is 15.0 Å². The van der Waals surface area contributed by atoms with Crippen molar-refractivity contribution < 1.29 is 13.2 Å². The van der Waals surface area contributed by atoms with Crippen LogP contribution in [-0.2, 0) is 6.18 Å². The summed E-state index contributed by atoms with van der Waals surface area (Å²) >= 11 is 0. The lowest BCUT2D eigenvalue weighted by Crippen LogP contribution is -2.10. The lowest BCUT2D eigenvalue weighted by Gasteiger charge is -2.16. The minimum absolute atomic E-state index is 0.0392. The van der Waals surface area contributed by atoms with Gasteiger partial charge in [-0.15, -0.1) is 0 Å². The molecule has 0 spiro atoms. The molecular weight excluding hydrogens is 706 g/mol. The fourth-order valence-electron chi connectivity index (χ4n) is 7.82. The molecule has 0 fully saturated rings. The smallest absolute Gasteiger partial charge is 0.309 e. The third-order valence-corrected chi connectivity index (χ3v) is 10.2. The van der Waals surface area contributed by atoms with Crippen LogP contribution in [0.4, 0.5) is 13.2 Å². The lowest BCUT2D eigenvalue weighted by atomic mass is 10.1. The van der Waals surface area contributed by atoms with Crippen molar-refractivity contribution in [2.45, 2.75) is 6.18 Å². The fourth-order valence-corrected chi connectivity index (χ4v) is 7.82. The second-order valence-electron chi connectivity index (χ2n) is 13.5. The zero-order valence-electron chi connectivity index (χ0n) is 29.4. The summed E-state index contributed by atoms with van der Waals surface area (Å²) in [5.41, 5.74) is 5.47. The molecule has 0 saturated heterocycles. The van der Waals surface area contributed by atoms with Gasteiger partial charge < -0.3 is 9.13 Å². The van der Waals surface area contributed by atoms with E-state index in [9.17, 15) is 18.4 Å². The standard InChI is InChI=1S/C47H27F3N6/c48-47(49,50)36-19-9-12-22-40(36)55-39-21-11-8-18-35(39)42-41(55)26-24-34-33-17-7-10-20-38(33)56(43(34)42)37-25-23-31(27-32(37)28-51)46-53-44(29-13-3-1-4-14-29)52-45(54-46)30-15-5-2-6-16-30/h1-27H. The summed E-state index contributed by atoms with van der Waals surface area (Å²) in [6.45, 7) is 0. The van der Waals surface area contributed by atoms with Crippen LogP contribution in [0.5, 0.6) is 0 Å². The Morgan fingerprint density at radius 3 is 1.66 bits per heavy atom. The number of nitriles is 1. The van der Waals surface area contributed by atoms with Crippen molar-refractivity contribution in [2.75, 3.05) is 0 Å². The number of benzene rings is 7. The Bertz CT molecular complexity index is 3140. The molecule has 3 heterocycles. The first-order valence-electron chi connectivity index (χ1n) is 17.9. The highest BCUT2D eigenvalue weighted by atomic mass is 19.4. The largest absolute Gasteiger partial charge is 0.418 e. The molecular formula is C47H27F3N6. The summed E-state index contributed by atoms with van der Waals surface area (Å²) in [5, 5.41) is 14.2. The summed E-state index contributed by atoms with van der Waals surface area (Å²) in [6.07, 6.45) is -4.57. The van der Waals surface area contributed by atoms with Crippen LogP contribution in [0, 0.1) is 11.3 Å². The molecule has 0 aliphatic rings. The molecule has 0 atom stereocenters. The van der Waals surface area contributed by atoms with E-state index in [0.29, 0.717) is 45.3 Å². The van der Waals surface area contributed by atoms with Gasteiger partial charge in [-0.3, -0.25) is 0 Å². The van der Waals surface area contributed by atoms with Gasteiger partial charge in [0.2, 0.25) is 0 Å². The SMILES string of the molecule is N#Cc1cc(-c2nc(-c3ccccc3)nc(-c3ccccc3)n2)ccc1-n1c2ccccc2c2ccc3c(c4ccccc4n3-c3ccccc3C(F)(F)F)c21. The summed E-state index contributed by atoms with van der Waals surface area (Å²) in [7, 11) is 0. The van der Waals surface area contributed by atoms with Crippen molar-refractivity contribution in [1.29, 1.82) is 5.26 Å². The highest BCUT2D eigenvalue weighted by molar-refractivity contribution is 6.26. The number of hydrogen-bond donors (Lipinski definition) is 0. The fraction of sp³-hybridized carbons (Fsp3) is 0.0213. The summed E-state index contributed by atoms with van der Waals surface area (Å²) < 4.78 is 47.3. The highest BCUT2D eigenvalue weighted by Gasteiger charge is 2.34. The van der Waals surface area contributed by atoms with Gasteiger partial charge in [-0.2, -0.15) is 18.4 Å². The van der Waals surface area contributed by atoms with Crippen LogP contribution in [-0.4, -0.2) is 24.1 Å². The van der Waals surface area contributed by atoms with E-state index in [-0.39, 0.29) is 5.69 Å². The molecule has 266 valence electrons. The second-order valence-corrected chi connectivity index (χ2v) is 13.5. The molecule has 6 nitrogen and oxygen atoms in total. The second kappa shape index (κ2) is 12.8. The monoisotopic (exact) mass is 732 g/mol. The summed E-state index contributed by atoms with van der Waals surface area (Å²) in [6, 6.07) is 52.3. The average Bonchev–Trinajstić information content (AvgIpc) is 3.76. The van der Waals surface area contributed by atoms with Crippen LogP contribution in [0.3, 0.4) is 0 Å². The van der Waals surface area contributed by atoms with E-state index in [1.165, 1.54) is 12.1 Å². The molecule has 10 rings (SSSR count). The van der Waals surface area contributed by atoms with Crippen LogP contribution in [0.2, 0.25) is 0 Å². The van der Waals surface area contributed by atoms with Crippen LogP contribution in [0.15, 0.2) is 164 Å². The maximum Gasteiger partial charge on any atom is 0.418 e. The first-order valence-corrected chi connectivity index (χ1v) is 17.9. The highest BCUT2D eigenvalue weighted by Crippen LogP contribution is 2.44. The van der Waals surface area contributed by atoms with Crippen molar-refractivity contribution in [3.8, 4) is 51.6 Å². The molecule has 0 aliphatic heterocycles. The summed E-state index contributed by atoms with van der Waals surface area (Å²) in [4.78, 5) is 14.6. The number of para-hydroxylation sites is 3. The van der Waals surface area contributed by atoms with Crippen molar-refractivity contribution in [2.24, 2.45) is 0 Å². The normalized spacial score (nSPS) is 11.8. The van der Waals surface area contributed by atoms with Crippen LogP contribution >= 0.6 is 0 Å². The Balaban J connectivity index is 1.24. The Kier molecular flexibility index (Phi) is 7.54. The molecule has 0 saturated carbocycles. The minimum atomic E-state index is -4.57. The molecule has 0 bridgehead atoms. The van der Waals surface area contributed by atoms with Gasteiger partial charge in [0.25, 0.3) is 0 Å². The van der Waals surface area contributed by atoms with Gasteiger partial charge >= 0.3 is 6.18 Å². The molecule has 56 heavy (non-hydrogen) atoms. The third kappa shape index (κ3) is 5.22. The van der Waals surface area contributed by atoms with Gasteiger partial charge in [0.15, 0.2) is 17.5 Å². The zero-order valence-corrected chi connectivity index (χ0v) is 29.4. The predicted octanol–water partition coefficient (Wildman–Crippen LogP) is 12.0. The zero-order chi connectivity index (χ0) is 38.0. The van der Waals surface area contributed by atoms with Gasteiger partial charge in [-0.1, -0.05) is 115 Å². The van der Waals surface area contributed by atoms with E-state index in [2.05, 4.69) is 10.6 Å². The first kappa shape index (κ1) is 33.0. The number of alkyl halides is 3. The van der Waals surface area contributed by atoms with Crippen LogP contribution in [0.1, 0.15) is 11.1 Å². The van der Waals surface area contributed by atoms with Gasteiger partial charge in [0.05, 0.1) is 44.6 Å². The van der Waals surface area contributed by atoms with Crippen molar-refractivity contribution in [3.63, 3.8) is 0 Å². The van der Waals surface area contributed by atoms with Crippen molar-refractivity contribution >= 4 is 43.6 Å². The third-order valence-electron chi connectivity index (χ3n) is 10.2. The maximum atomic E-state index is 14.5. The van der Waals surface area contributed by atoms with E-state index in [1.54, 1.807) is 16.7 Å². The lowest BCUT2D eigenvalue weighted by molar-refractivity contribution is -0.137. The Morgan fingerprint density at radius 1 is 0.464 bits per heavy atom. The number of fused-ring (bicyclic) bond motifs is 7. The van der Waals surface area contributed by atoms with E-state index >= 15 is 0 Å². The predicted molar refractivity (Wildman–Crippen MR) is 215 cm³/mol. The molecule has 0 aliphatic carbocycles. The molecule has 3 aromatic heterocycles. The molecule has 9 heteroatoms. The summed E-state index contributed by atoms with van der Waals surface area (Å²) in [5.74, 6) is 1.42. The quantitative estimate of drug-likeness (QED) is 0.177. The topological polar surface area (TPSA) is 72.3 Å². The van der Waals surface area contributed by atoms with E-state index in [1.807, 2.05) is 133 Å². The maximum absolute atomic E-state index is 14.5. The molecule has 0 amide bonds. The number of nitrogens with zero attached hydrogens (tertiary/aromatic N) is 6. The van der Waals surface area contributed by atoms with Crippen LogP contribution < -0.4 is 0 Å². The van der Waals surface area contributed by atoms with E-state index in [4.69, 9.17) is 15.0 Å². The molecule has 0 unspecified atom stereocenters. The number of rotatable bonds is 5. The Morgan fingerprint density at radius 2 is 1.02 bits per heavy atom. The van der Waals surface area contributed by atoms with Gasteiger partial charge in [0.1, 0.15) is 6.07 Å². The Labute approximate surface area is 318 Å². The molecule has 0 N–H and O–H groups in total. The number of hydrogen-bond acceptors (Lipinski definition) is 4. The van der Waals surface area contributed by atoms with E-state index in [0.717, 1.165) is 49.8 Å². The van der Waals surface area contributed by atoms with Gasteiger partial charge in [-0.05, 0) is 48.5 Å². The minimum Gasteiger partial charge on any atom is -0.309 e. The van der Waals surface area contributed by atoms with Crippen molar-refractivity contribution in [1.82, 2.24) is 24.1 Å². The Hall–Kier alpha value is -7.57.